The molecule has 0 heterocycles. The van der Waals surface area contributed by atoms with E-state index in [1.54, 1.807) is 0 Å². The van der Waals surface area contributed by atoms with Crippen LogP contribution in [0.2, 0.25) is 0 Å². The van der Waals surface area contributed by atoms with Gasteiger partial charge in [0.15, 0.2) is 0 Å². The highest BCUT2D eigenvalue weighted by Crippen LogP contribution is 2.13. The van der Waals surface area contributed by atoms with Gasteiger partial charge >= 0.3 is 0 Å². The van der Waals surface area contributed by atoms with Gasteiger partial charge in [0, 0.05) is 12.6 Å². The summed E-state index contributed by atoms with van der Waals surface area (Å²) in [5.74, 6) is 0. The standard InChI is InChI=1S/C12H17F2NO/c1-8-3-5-10(6-4-8)9(2)15-7-11(16)12(13)14/h3-6,9,11-12,15-16H,7H2,1-2H3. The first-order valence-corrected chi connectivity index (χ1v) is 5.27. The third-order valence-corrected chi connectivity index (χ3v) is 2.50. The molecule has 0 fully saturated rings. The number of aliphatic hydroxyl groups is 1. The van der Waals surface area contributed by atoms with Gasteiger partial charge in [-0.25, -0.2) is 8.78 Å². The molecule has 0 spiro atoms. The van der Waals surface area contributed by atoms with Gasteiger partial charge in [-0.1, -0.05) is 29.8 Å². The number of hydrogen-bond donors (Lipinski definition) is 2. The maximum atomic E-state index is 12.0. The Balaban J connectivity index is 2.46. The second kappa shape index (κ2) is 5.92. The van der Waals surface area contributed by atoms with E-state index in [0.717, 1.165) is 11.1 Å². The molecule has 0 radical (unpaired) electrons. The van der Waals surface area contributed by atoms with E-state index in [-0.39, 0.29) is 12.6 Å². The Bertz CT molecular complexity index is 313. The molecule has 0 aromatic heterocycles. The molecule has 2 atom stereocenters. The Labute approximate surface area is 94.3 Å². The van der Waals surface area contributed by atoms with Crippen molar-refractivity contribution in [2.24, 2.45) is 0 Å². The lowest BCUT2D eigenvalue weighted by Crippen LogP contribution is -2.33. The molecule has 2 N–H and O–H groups in total. The van der Waals surface area contributed by atoms with Crippen LogP contribution in [-0.4, -0.2) is 24.2 Å². The van der Waals surface area contributed by atoms with Crippen molar-refractivity contribution in [1.82, 2.24) is 5.32 Å². The molecule has 1 rings (SSSR count). The van der Waals surface area contributed by atoms with Gasteiger partial charge in [0.1, 0.15) is 6.10 Å². The summed E-state index contributed by atoms with van der Waals surface area (Å²) in [4.78, 5) is 0. The fourth-order valence-corrected chi connectivity index (χ4v) is 1.36. The van der Waals surface area contributed by atoms with E-state index in [9.17, 15) is 8.78 Å². The van der Waals surface area contributed by atoms with Crippen LogP contribution in [-0.2, 0) is 0 Å². The van der Waals surface area contributed by atoms with Crippen molar-refractivity contribution in [3.05, 3.63) is 35.4 Å². The lowest BCUT2D eigenvalue weighted by molar-refractivity contribution is -0.00439. The summed E-state index contributed by atoms with van der Waals surface area (Å²) in [6, 6.07) is 7.78. The summed E-state index contributed by atoms with van der Waals surface area (Å²) < 4.78 is 24.1. The average Bonchev–Trinajstić information content (AvgIpc) is 2.26. The Hall–Kier alpha value is -1.00. The van der Waals surface area contributed by atoms with Crippen LogP contribution in [0, 0.1) is 6.92 Å². The van der Waals surface area contributed by atoms with Crippen LogP contribution in [0.15, 0.2) is 24.3 Å². The fraction of sp³-hybridized carbons (Fsp3) is 0.500. The van der Waals surface area contributed by atoms with Gasteiger partial charge in [-0.3, -0.25) is 0 Å². The Kier molecular flexibility index (Phi) is 4.83. The molecule has 90 valence electrons. The van der Waals surface area contributed by atoms with Crippen molar-refractivity contribution in [2.45, 2.75) is 32.4 Å². The van der Waals surface area contributed by atoms with Crippen molar-refractivity contribution in [3.63, 3.8) is 0 Å². The molecule has 0 aliphatic heterocycles. The van der Waals surface area contributed by atoms with Gasteiger partial charge in [0.25, 0.3) is 6.43 Å². The molecule has 1 aromatic rings. The molecule has 4 heteroatoms. The number of halogens is 2. The Morgan fingerprint density at radius 3 is 2.31 bits per heavy atom. The highest BCUT2D eigenvalue weighted by molar-refractivity contribution is 5.23. The third-order valence-electron chi connectivity index (χ3n) is 2.50. The van der Waals surface area contributed by atoms with Gasteiger partial charge in [-0.05, 0) is 19.4 Å². The number of aryl methyl sites for hydroxylation is 1. The van der Waals surface area contributed by atoms with E-state index in [2.05, 4.69) is 5.32 Å². The SMILES string of the molecule is Cc1ccc(C(C)NCC(O)C(F)F)cc1. The normalized spacial score (nSPS) is 15.1. The number of hydrogen-bond acceptors (Lipinski definition) is 2. The number of alkyl halides is 2. The van der Waals surface area contributed by atoms with Gasteiger partial charge in [-0.2, -0.15) is 0 Å². The van der Waals surface area contributed by atoms with Crippen LogP contribution < -0.4 is 5.32 Å². The molecule has 0 bridgehead atoms. The van der Waals surface area contributed by atoms with E-state index in [4.69, 9.17) is 5.11 Å². The topological polar surface area (TPSA) is 32.3 Å². The van der Waals surface area contributed by atoms with E-state index < -0.39 is 12.5 Å². The lowest BCUT2D eigenvalue weighted by atomic mass is 10.1. The van der Waals surface area contributed by atoms with Crippen LogP contribution in [0.4, 0.5) is 8.78 Å². The van der Waals surface area contributed by atoms with Crippen LogP contribution in [0.25, 0.3) is 0 Å². The van der Waals surface area contributed by atoms with Crippen molar-refractivity contribution in [3.8, 4) is 0 Å². The first kappa shape index (κ1) is 13.1. The van der Waals surface area contributed by atoms with Crippen LogP contribution in [0.5, 0.6) is 0 Å². The maximum absolute atomic E-state index is 12.0. The first-order chi connectivity index (χ1) is 7.50. The van der Waals surface area contributed by atoms with Crippen molar-refractivity contribution in [2.75, 3.05) is 6.54 Å². The first-order valence-electron chi connectivity index (χ1n) is 5.27. The molecular weight excluding hydrogens is 212 g/mol. The van der Waals surface area contributed by atoms with Gasteiger partial charge < -0.3 is 10.4 Å². The van der Waals surface area contributed by atoms with Crippen LogP contribution in [0.1, 0.15) is 24.1 Å². The molecule has 0 saturated heterocycles. The van der Waals surface area contributed by atoms with Gasteiger partial charge in [0.2, 0.25) is 0 Å². The molecular formula is C12H17F2NO. The quantitative estimate of drug-likeness (QED) is 0.811. The zero-order valence-electron chi connectivity index (χ0n) is 9.45. The molecule has 0 amide bonds. The minimum atomic E-state index is -2.70. The summed E-state index contributed by atoms with van der Waals surface area (Å²) in [7, 11) is 0. The molecule has 0 aliphatic carbocycles. The van der Waals surface area contributed by atoms with Crippen LogP contribution >= 0.6 is 0 Å². The molecule has 1 aromatic carbocycles. The number of nitrogens with one attached hydrogen (secondary N) is 1. The summed E-state index contributed by atoms with van der Waals surface area (Å²) in [6.45, 7) is 3.76. The fourth-order valence-electron chi connectivity index (χ4n) is 1.36. The number of aliphatic hydroxyl groups excluding tert-OH is 1. The van der Waals surface area contributed by atoms with Crippen LogP contribution in [0.3, 0.4) is 0 Å². The maximum Gasteiger partial charge on any atom is 0.265 e. The summed E-state index contributed by atoms with van der Waals surface area (Å²) in [6.07, 6.45) is -4.30. The minimum Gasteiger partial charge on any atom is -0.386 e. The molecule has 16 heavy (non-hydrogen) atoms. The lowest BCUT2D eigenvalue weighted by Gasteiger charge is -2.17. The molecule has 0 aliphatic rings. The van der Waals surface area contributed by atoms with E-state index in [1.807, 2.05) is 38.1 Å². The van der Waals surface area contributed by atoms with E-state index in [1.165, 1.54) is 0 Å². The predicted octanol–water partition coefficient (Wildman–Crippen LogP) is 2.27. The molecule has 2 unspecified atom stereocenters. The highest BCUT2D eigenvalue weighted by atomic mass is 19.3. The number of rotatable bonds is 5. The number of benzene rings is 1. The summed E-state index contributed by atoms with van der Waals surface area (Å²) in [5.41, 5.74) is 2.18. The largest absolute Gasteiger partial charge is 0.386 e. The van der Waals surface area contributed by atoms with Crippen molar-refractivity contribution >= 4 is 0 Å². The van der Waals surface area contributed by atoms with Gasteiger partial charge in [0.05, 0.1) is 0 Å². The summed E-state index contributed by atoms with van der Waals surface area (Å²) in [5, 5.41) is 11.8. The van der Waals surface area contributed by atoms with E-state index in [0.29, 0.717) is 0 Å². The molecule has 0 saturated carbocycles. The second-order valence-electron chi connectivity index (χ2n) is 3.94. The summed E-state index contributed by atoms with van der Waals surface area (Å²) >= 11 is 0. The van der Waals surface area contributed by atoms with Crippen molar-refractivity contribution in [1.29, 1.82) is 0 Å². The second-order valence-corrected chi connectivity index (χ2v) is 3.94. The Morgan fingerprint density at radius 1 is 1.25 bits per heavy atom. The smallest absolute Gasteiger partial charge is 0.265 e. The van der Waals surface area contributed by atoms with Crippen molar-refractivity contribution < 1.29 is 13.9 Å². The van der Waals surface area contributed by atoms with Gasteiger partial charge in [-0.15, -0.1) is 0 Å². The predicted molar refractivity (Wildman–Crippen MR) is 59.6 cm³/mol. The Morgan fingerprint density at radius 2 is 1.81 bits per heavy atom. The minimum absolute atomic E-state index is 0.0472. The zero-order chi connectivity index (χ0) is 12.1. The zero-order valence-corrected chi connectivity index (χ0v) is 9.45. The monoisotopic (exact) mass is 229 g/mol. The highest BCUT2D eigenvalue weighted by Gasteiger charge is 2.17. The van der Waals surface area contributed by atoms with E-state index >= 15 is 0 Å². The molecule has 2 nitrogen and oxygen atoms in total. The average molecular weight is 229 g/mol. The third kappa shape index (κ3) is 3.87.